The summed E-state index contributed by atoms with van der Waals surface area (Å²) >= 11 is 0. The summed E-state index contributed by atoms with van der Waals surface area (Å²) in [5, 5.41) is 9.54. The van der Waals surface area contributed by atoms with E-state index in [1.165, 1.54) is 32.1 Å². The molecule has 0 saturated carbocycles. The van der Waals surface area contributed by atoms with Crippen molar-refractivity contribution in [3.8, 4) is 0 Å². The zero-order valence-corrected chi connectivity index (χ0v) is 34.2. The van der Waals surface area contributed by atoms with Crippen LogP contribution in [0.1, 0.15) is 155 Å². The normalized spacial score (nSPS) is 13.5. The number of aliphatic hydroxyl groups is 1. The molecule has 0 bridgehead atoms. The Balaban J connectivity index is 3.76. The van der Waals surface area contributed by atoms with Crippen molar-refractivity contribution in [3.05, 3.63) is 122 Å². The van der Waals surface area contributed by atoms with E-state index >= 15 is 0 Å². The van der Waals surface area contributed by atoms with Crippen molar-refractivity contribution in [2.24, 2.45) is 0 Å². The first-order valence-electron chi connectivity index (χ1n) is 21.1. The zero-order valence-electron chi connectivity index (χ0n) is 34.2. The van der Waals surface area contributed by atoms with Crippen molar-refractivity contribution in [2.75, 3.05) is 13.2 Å². The second-order valence-electron chi connectivity index (χ2n) is 13.3. The smallest absolute Gasteiger partial charge is 0.306 e. The highest BCUT2D eigenvalue weighted by Gasteiger charge is 2.15. The zero-order chi connectivity index (χ0) is 39.3. The van der Waals surface area contributed by atoms with Gasteiger partial charge in [-0.1, -0.05) is 167 Å². The molecule has 302 valence electrons. The van der Waals surface area contributed by atoms with Crippen LogP contribution in [-0.2, 0) is 19.1 Å². The Morgan fingerprint density at radius 1 is 0.444 bits per heavy atom. The van der Waals surface area contributed by atoms with Crippen LogP contribution < -0.4 is 0 Å². The monoisotopic (exact) mass is 745 g/mol. The number of allylic oxidation sites excluding steroid dienone is 20. The topological polar surface area (TPSA) is 72.8 Å². The van der Waals surface area contributed by atoms with Gasteiger partial charge < -0.3 is 14.6 Å². The lowest BCUT2D eigenvalue weighted by Crippen LogP contribution is -2.28. The Kier molecular flexibility index (Phi) is 40.7. The molecule has 1 unspecified atom stereocenters. The molecule has 0 rings (SSSR count). The molecule has 1 N–H and O–H groups in total. The molecule has 0 amide bonds. The number of esters is 2. The lowest BCUT2D eigenvalue weighted by molar-refractivity contribution is -0.161. The number of rotatable bonds is 36. The SMILES string of the molecule is CC/C=C\C/C=C\C/C=C\C/C=C\C/C=C\C/C=C\C/C=C\C/C=C\C/C=C\CCCC(=O)OC(CO)COC(=O)CCCCCCC/C=C\CCCC. The largest absolute Gasteiger partial charge is 0.462 e. The van der Waals surface area contributed by atoms with Crippen molar-refractivity contribution in [3.63, 3.8) is 0 Å². The second-order valence-corrected chi connectivity index (χ2v) is 13.3. The van der Waals surface area contributed by atoms with Crippen LogP contribution in [0, 0.1) is 0 Å². The van der Waals surface area contributed by atoms with Crippen LogP contribution in [0.2, 0.25) is 0 Å². The maximum atomic E-state index is 12.2. The minimum absolute atomic E-state index is 0.102. The van der Waals surface area contributed by atoms with Crippen molar-refractivity contribution >= 4 is 11.9 Å². The van der Waals surface area contributed by atoms with Gasteiger partial charge in [-0.3, -0.25) is 9.59 Å². The van der Waals surface area contributed by atoms with Crippen LogP contribution in [0.3, 0.4) is 0 Å². The Bertz CT molecular complexity index is 1160. The molecule has 0 aliphatic carbocycles. The summed E-state index contributed by atoms with van der Waals surface area (Å²) in [4.78, 5) is 24.2. The fraction of sp³-hybridized carbons (Fsp3) is 0.551. The first-order chi connectivity index (χ1) is 26.6. The molecule has 0 heterocycles. The van der Waals surface area contributed by atoms with Crippen LogP contribution in [0.25, 0.3) is 0 Å². The Morgan fingerprint density at radius 2 is 0.815 bits per heavy atom. The number of carbonyl (C=O) groups is 2. The molecule has 0 aromatic heterocycles. The molecular weight excluding hydrogens is 669 g/mol. The number of aliphatic hydroxyl groups excluding tert-OH is 1. The number of ether oxygens (including phenoxy) is 2. The predicted molar refractivity (Wildman–Crippen MR) is 232 cm³/mol. The van der Waals surface area contributed by atoms with E-state index in [0.29, 0.717) is 12.8 Å². The molecule has 0 aromatic rings. The van der Waals surface area contributed by atoms with Gasteiger partial charge in [0, 0.05) is 12.8 Å². The summed E-state index contributed by atoms with van der Waals surface area (Å²) in [6.45, 7) is 3.90. The predicted octanol–water partition coefficient (Wildman–Crippen LogP) is 13.6. The van der Waals surface area contributed by atoms with E-state index in [2.05, 4.69) is 135 Å². The molecule has 0 radical (unpaired) electrons. The molecule has 0 saturated heterocycles. The van der Waals surface area contributed by atoms with Crippen molar-refractivity contribution in [1.29, 1.82) is 0 Å². The van der Waals surface area contributed by atoms with Gasteiger partial charge in [-0.2, -0.15) is 0 Å². The first kappa shape index (κ1) is 50.3. The summed E-state index contributed by atoms with van der Waals surface area (Å²) in [7, 11) is 0. The van der Waals surface area contributed by atoms with E-state index in [9.17, 15) is 14.7 Å². The Hall–Kier alpha value is -3.70. The third kappa shape index (κ3) is 41.1. The maximum absolute atomic E-state index is 12.2. The molecule has 0 aromatic carbocycles. The number of hydrogen-bond donors (Lipinski definition) is 1. The van der Waals surface area contributed by atoms with Crippen LogP contribution in [0.15, 0.2) is 122 Å². The van der Waals surface area contributed by atoms with Gasteiger partial charge in [0.25, 0.3) is 0 Å². The van der Waals surface area contributed by atoms with Gasteiger partial charge in [0.2, 0.25) is 0 Å². The van der Waals surface area contributed by atoms with Gasteiger partial charge in [-0.25, -0.2) is 0 Å². The summed E-state index contributed by atoms with van der Waals surface area (Å²) < 4.78 is 10.5. The fourth-order valence-electron chi connectivity index (χ4n) is 5.06. The van der Waals surface area contributed by atoms with Gasteiger partial charge in [0.05, 0.1) is 6.61 Å². The van der Waals surface area contributed by atoms with Crippen molar-refractivity contribution in [2.45, 2.75) is 161 Å². The van der Waals surface area contributed by atoms with Gasteiger partial charge in [-0.05, 0) is 96.3 Å². The molecule has 54 heavy (non-hydrogen) atoms. The minimum Gasteiger partial charge on any atom is -0.462 e. The lowest BCUT2D eigenvalue weighted by atomic mass is 10.1. The van der Waals surface area contributed by atoms with E-state index in [0.717, 1.165) is 89.9 Å². The van der Waals surface area contributed by atoms with E-state index in [1.54, 1.807) is 0 Å². The molecule has 1 atom stereocenters. The van der Waals surface area contributed by atoms with Crippen LogP contribution in [0.4, 0.5) is 0 Å². The van der Waals surface area contributed by atoms with Gasteiger partial charge in [-0.15, -0.1) is 0 Å². The quantitative estimate of drug-likeness (QED) is 0.0393. The third-order valence-corrected chi connectivity index (χ3v) is 8.24. The molecule has 0 aliphatic rings. The molecule has 5 heteroatoms. The van der Waals surface area contributed by atoms with Gasteiger partial charge in [0.1, 0.15) is 6.61 Å². The fourth-order valence-corrected chi connectivity index (χ4v) is 5.06. The van der Waals surface area contributed by atoms with Crippen LogP contribution in [0.5, 0.6) is 0 Å². The maximum Gasteiger partial charge on any atom is 0.306 e. The molecule has 0 aliphatic heterocycles. The van der Waals surface area contributed by atoms with E-state index < -0.39 is 6.10 Å². The first-order valence-corrected chi connectivity index (χ1v) is 21.1. The van der Waals surface area contributed by atoms with Gasteiger partial charge in [0.15, 0.2) is 6.10 Å². The van der Waals surface area contributed by atoms with E-state index in [-0.39, 0.29) is 31.6 Å². The molecule has 0 fully saturated rings. The standard InChI is InChI=1S/C49H76O5/c1-3-5-7-9-11-13-15-16-17-18-19-20-21-22-23-24-25-26-27-28-29-30-31-32-34-36-38-40-42-44-49(52)54-47(45-50)46-53-48(51)43-41-39-37-35-33-14-12-10-8-6-4-2/h5,7,10-13,16-17,19-20,22-23,25-26,28-29,31-32,36,38,47,50H,3-4,6,8-9,14-15,18,21,24,27,30,33-35,37,39-46H2,1-2H3/b7-5-,12-10-,13-11-,17-16-,20-19-,23-22-,26-25-,29-28-,32-31-,38-36-. The molecule has 0 spiro atoms. The highest BCUT2D eigenvalue weighted by atomic mass is 16.6. The Labute approximate surface area is 331 Å². The third-order valence-electron chi connectivity index (χ3n) is 8.24. The molecule has 5 nitrogen and oxygen atoms in total. The van der Waals surface area contributed by atoms with Crippen LogP contribution >= 0.6 is 0 Å². The highest BCUT2D eigenvalue weighted by molar-refractivity contribution is 5.70. The summed E-state index contributed by atoms with van der Waals surface area (Å²) in [6.07, 6.45) is 64.2. The van der Waals surface area contributed by atoms with Crippen LogP contribution in [-0.4, -0.2) is 36.4 Å². The summed E-state index contributed by atoms with van der Waals surface area (Å²) in [6, 6.07) is 0. The van der Waals surface area contributed by atoms with E-state index in [4.69, 9.17) is 9.47 Å². The average molecular weight is 745 g/mol. The minimum atomic E-state index is -0.813. The summed E-state index contributed by atoms with van der Waals surface area (Å²) in [5.74, 6) is -0.686. The van der Waals surface area contributed by atoms with Crippen molar-refractivity contribution < 1.29 is 24.2 Å². The Morgan fingerprint density at radius 3 is 1.28 bits per heavy atom. The highest BCUT2D eigenvalue weighted by Crippen LogP contribution is 2.10. The molecular formula is C49H76O5. The lowest BCUT2D eigenvalue weighted by Gasteiger charge is -2.15. The second kappa shape index (κ2) is 43.7. The number of hydrogen-bond acceptors (Lipinski definition) is 5. The van der Waals surface area contributed by atoms with Gasteiger partial charge >= 0.3 is 11.9 Å². The van der Waals surface area contributed by atoms with Crippen molar-refractivity contribution in [1.82, 2.24) is 0 Å². The summed E-state index contributed by atoms with van der Waals surface area (Å²) in [5.41, 5.74) is 0. The van der Waals surface area contributed by atoms with E-state index in [1.807, 2.05) is 0 Å². The number of carbonyl (C=O) groups excluding carboxylic acids is 2. The number of unbranched alkanes of at least 4 members (excludes halogenated alkanes) is 8. The average Bonchev–Trinajstić information content (AvgIpc) is 3.17.